The molecule has 44 heavy (non-hydrogen) atoms. The number of benzene rings is 2. The van der Waals surface area contributed by atoms with Crippen LogP contribution in [0.5, 0.6) is 11.5 Å². The fraction of sp³-hybridized carbons (Fsp3) is 0.545. The molecule has 4 rings (SSSR count). The third-order valence-corrected chi connectivity index (χ3v) is 8.71. The molecule has 2 heterocycles. The van der Waals surface area contributed by atoms with E-state index in [1.807, 2.05) is 65.4 Å². The lowest BCUT2D eigenvalue weighted by molar-refractivity contribution is -0.116. The molecule has 0 radical (unpaired) electrons. The summed E-state index contributed by atoms with van der Waals surface area (Å²) in [6.45, 7) is 4.16. The van der Waals surface area contributed by atoms with Gasteiger partial charge < -0.3 is 29.9 Å². The molecule has 1 amide bonds. The van der Waals surface area contributed by atoms with Crippen LogP contribution < -0.4 is 25.0 Å². The number of rotatable bonds is 12. The summed E-state index contributed by atoms with van der Waals surface area (Å²) < 4.78 is 12.0. The van der Waals surface area contributed by atoms with Crippen LogP contribution in [-0.4, -0.2) is 82.3 Å². The van der Waals surface area contributed by atoms with Crippen molar-refractivity contribution in [1.82, 2.24) is 9.80 Å². The van der Waals surface area contributed by atoms with E-state index in [4.69, 9.17) is 21.1 Å². The maximum absolute atomic E-state index is 12.8. The smallest absolute Gasteiger partial charge is 0.224 e. The van der Waals surface area contributed by atoms with Gasteiger partial charge in [0.25, 0.3) is 0 Å². The average Bonchev–Trinajstić information content (AvgIpc) is 2.99. The third-order valence-electron chi connectivity index (χ3n) is 8.41. The molecular formula is C33H44ClN7O3. The van der Waals surface area contributed by atoms with E-state index in [9.17, 15) is 15.3 Å². The highest BCUT2D eigenvalue weighted by Gasteiger charge is 2.34. The van der Waals surface area contributed by atoms with Gasteiger partial charge in [0.15, 0.2) is 0 Å². The van der Waals surface area contributed by atoms with E-state index in [0.717, 1.165) is 49.2 Å². The number of likely N-dealkylation sites (tertiary alicyclic amines) is 1. The number of hydrogen-bond acceptors (Lipinski definition) is 9. The predicted octanol–water partition coefficient (Wildman–Crippen LogP) is 5.52. The van der Waals surface area contributed by atoms with Gasteiger partial charge in [0.1, 0.15) is 18.1 Å². The number of hydrogen-bond donors (Lipinski definition) is 2. The molecule has 4 atom stereocenters. The van der Waals surface area contributed by atoms with E-state index in [0.29, 0.717) is 48.4 Å². The molecule has 0 saturated carbocycles. The number of likely N-dealkylation sites (N-methyl/N-ethyl adjacent to an activating group) is 1. The topological polar surface area (TPSA) is 117 Å². The summed E-state index contributed by atoms with van der Waals surface area (Å²) in [7, 11) is 7.90. The summed E-state index contributed by atoms with van der Waals surface area (Å²) in [5.41, 5.74) is 3.17. The summed E-state index contributed by atoms with van der Waals surface area (Å²) in [4.78, 5) is 19.0. The standard InChI is InChI=1S/C33H44ClN7O3/c1-6-43-31-17-29-26(16-28(31)38-32(42)11-8-14-39(2)3)33(22(18-35)20-40(29)4)37-23-12-13-30(27(34)15-23)44-21-25-10-7-9-24(19-36)41(25)5/h12-13,15-17,22,24-25,33,37H,6-11,14,20-21H2,1-5H3,(H,38,42). The van der Waals surface area contributed by atoms with Gasteiger partial charge in [0.2, 0.25) is 5.91 Å². The maximum Gasteiger partial charge on any atom is 0.224 e. The first kappa shape index (κ1) is 33.2. The van der Waals surface area contributed by atoms with Gasteiger partial charge in [-0.25, -0.2) is 0 Å². The monoisotopic (exact) mass is 621 g/mol. The SMILES string of the molecule is CCOc1cc2c(cc1NC(=O)CCCN(C)C)C(Nc1ccc(OCC3CCCC(C#N)N3C)c(Cl)c1)C(C#N)CN2C. The predicted molar refractivity (Wildman–Crippen MR) is 175 cm³/mol. The number of anilines is 3. The van der Waals surface area contributed by atoms with Crippen LogP contribution in [0, 0.1) is 28.6 Å². The highest BCUT2D eigenvalue weighted by atomic mass is 35.5. The minimum absolute atomic E-state index is 0.0804. The zero-order valence-corrected chi connectivity index (χ0v) is 27.2. The number of ether oxygens (including phenoxy) is 2. The number of amides is 1. The molecule has 2 N–H and O–H groups in total. The molecule has 2 aliphatic rings. The molecule has 4 unspecified atom stereocenters. The second-order valence-corrected chi connectivity index (χ2v) is 12.3. The molecule has 1 saturated heterocycles. The fourth-order valence-corrected chi connectivity index (χ4v) is 6.19. The van der Waals surface area contributed by atoms with Crippen LogP contribution in [0.4, 0.5) is 17.1 Å². The molecule has 2 aromatic carbocycles. The number of nitrogens with zero attached hydrogens (tertiary/aromatic N) is 5. The van der Waals surface area contributed by atoms with E-state index in [2.05, 4.69) is 37.5 Å². The third kappa shape index (κ3) is 8.06. The summed E-state index contributed by atoms with van der Waals surface area (Å²) in [5.74, 6) is 0.732. The van der Waals surface area contributed by atoms with Crippen molar-refractivity contribution in [3.8, 4) is 23.6 Å². The molecule has 0 aromatic heterocycles. The van der Waals surface area contributed by atoms with Crippen LogP contribution in [0.3, 0.4) is 0 Å². The van der Waals surface area contributed by atoms with Gasteiger partial charge in [0.05, 0.1) is 47.5 Å². The Balaban J connectivity index is 1.54. The van der Waals surface area contributed by atoms with Gasteiger partial charge in [0, 0.05) is 49.1 Å². The zero-order chi connectivity index (χ0) is 31.8. The van der Waals surface area contributed by atoms with Crippen molar-refractivity contribution in [2.24, 2.45) is 5.92 Å². The Bertz CT molecular complexity index is 1390. The van der Waals surface area contributed by atoms with Gasteiger partial charge in [-0.2, -0.15) is 10.5 Å². The van der Waals surface area contributed by atoms with Crippen LogP contribution in [0.1, 0.15) is 50.6 Å². The van der Waals surface area contributed by atoms with E-state index in [1.165, 1.54) is 0 Å². The zero-order valence-electron chi connectivity index (χ0n) is 26.4. The van der Waals surface area contributed by atoms with Crippen molar-refractivity contribution in [3.05, 3.63) is 40.9 Å². The normalized spacial score (nSPS) is 21.6. The van der Waals surface area contributed by atoms with Gasteiger partial charge in [-0.05, 0) is 84.6 Å². The number of nitriles is 2. The van der Waals surface area contributed by atoms with E-state index in [1.54, 1.807) is 0 Å². The van der Waals surface area contributed by atoms with E-state index < -0.39 is 0 Å². The number of nitrogens with one attached hydrogen (secondary N) is 2. The highest BCUT2D eigenvalue weighted by molar-refractivity contribution is 6.32. The molecule has 11 heteroatoms. The van der Waals surface area contributed by atoms with Crippen molar-refractivity contribution < 1.29 is 14.3 Å². The van der Waals surface area contributed by atoms with Crippen molar-refractivity contribution in [1.29, 1.82) is 10.5 Å². The summed E-state index contributed by atoms with van der Waals surface area (Å²) in [5, 5.41) is 26.6. The molecule has 2 aromatic rings. The first-order chi connectivity index (χ1) is 21.1. The van der Waals surface area contributed by atoms with Gasteiger partial charge in [-0.1, -0.05) is 11.6 Å². The Morgan fingerprint density at radius 1 is 1.11 bits per heavy atom. The highest BCUT2D eigenvalue weighted by Crippen LogP contribution is 2.44. The Morgan fingerprint density at radius 2 is 1.91 bits per heavy atom. The lowest BCUT2D eigenvalue weighted by atomic mass is 9.87. The van der Waals surface area contributed by atoms with Crippen molar-refractivity contribution >= 4 is 34.6 Å². The minimum Gasteiger partial charge on any atom is -0.492 e. The second-order valence-electron chi connectivity index (χ2n) is 11.9. The largest absolute Gasteiger partial charge is 0.492 e. The van der Waals surface area contributed by atoms with Crippen molar-refractivity contribution in [3.63, 3.8) is 0 Å². The maximum atomic E-state index is 12.8. The first-order valence-corrected chi connectivity index (χ1v) is 15.7. The molecule has 0 aliphatic carbocycles. The Kier molecular flexibility index (Phi) is 11.6. The number of halogens is 1. The average molecular weight is 622 g/mol. The second kappa shape index (κ2) is 15.3. The number of carbonyl (C=O) groups is 1. The van der Waals surface area contributed by atoms with Gasteiger partial charge in [-0.15, -0.1) is 0 Å². The lowest BCUT2D eigenvalue weighted by Gasteiger charge is -2.38. The fourth-order valence-electron chi connectivity index (χ4n) is 5.95. The lowest BCUT2D eigenvalue weighted by Crippen LogP contribution is -2.46. The van der Waals surface area contributed by atoms with E-state index in [-0.39, 0.29) is 30.0 Å². The molecule has 1 fully saturated rings. The number of carbonyl (C=O) groups excluding carboxylic acids is 1. The molecule has 0 bridgehead atoms. The number of piperidine rings is 1. The van der Waals surface area contributed by atoms with E-state index >= 15 is 0 Å². The molecular weight excluding hydrogens is 578 g/mol. The van der Waals surface area contributed by atoms with Crippen LogP contribution >= 0.6 is 11.6 Å². The Labute approximate surface area is 266 Å². The molecule has 0 spiro atoms. The van der Waals surface area contributed by atoms with Crippen LogP contribution in [0.25, 0.3) is 0 Å². The van der Waals surface area contributed by atoms with Crippen LogP contribution in [0.2, 0.25) is 5.02 Å². The first-order valence-electron chi connectivity index (χ1n) is 15.3. The molecule has 2 aliphatic heterocycles. The summed E-state index contributed by atoms with van der Waals surface area (Å²) in [6, 6.07) is 14.0. The number of fused-ring (bicyclic) bond motifs is 1. The summed E-state index contributed by atoms with van der Waals surface area (Å²) >= 11 is 6.68. The van der Waals surface area contributed by atoms with Gasteiger partial charge in [-0.3, -0.25) is 9.69 Å². The minimum atomic E-state index is -0.362. The summed E-state index contributed by atoms with van der Waals surface area (Å²) in [6.07, 6.45) is 3.99. The Hall–Kier alpha value is -3.70. The molecule has 10 nitrogen and oxygen atoms in total. The molecule has 236 valence electrons. The van der Waals surface area contributed by atoms with Crippen molar-refractivity contribution in [2.75, 3.05) is 70.0 Å². The van der Waals surface area contributed by atoms with Crippen molar-refractivity contribution in [2.45, 2.75) is 57.2 Å². The van der Waals surface area contributed by atoms with Crippen LogP contribution in [0.15, 0.2) is 30.3 Å². The quantitative estimate of drug-likeness (QED) is 0.316. The van der Waals surface area contributed by atoms with Crippen LogP contribution in [-0.2, 0) is 4.79 Å². The Morgan fingerprint density at radius 3 is 2.59 bits per heavy atom. The van der Waals surface area contributed by atoms with Gasteiger partial charge >= 0.3 is 0 Å².